The molecule has 4 atom stereocenters. The van der Waals surface area contributed by atoms with Crippen LogP contribution in [-0.2, 0) is 25.4 Å². The van der Waals surface area contributed by atoms with Gasteiger partial charge in [-0.25, -0.2) is 0 Å². The number of nitrogens with zero attached hydrogens (tertiary/aromatic N) is 1. The van der Waals surface area contributed by atoms with Crippen LogP contribution in [-0.4, -0.2) is 23.5 Å². The molecule has 28 heavy (non-hydrogen) atoms. The number of imide groups is 1. The molecular weight excluding hydrogens is 377 g/mol. The van der Waals surface area contributed by atoms with Gasteiger partial charge < -0.3 is 5.32 Å². The number of Topliss-reactive ketones (excluding diaryl/α,β-unsaturated/α-hetero) is 1. The molecule has 3 amide bonds. The number of hydrogen-bond donors (Lipinski definition) is 1. The van der Waals surface area contributed by atoms with Crippen molar-refractivity contribution in [3.05, 3.63) is 23.8 Å². The molecule has 0 aromatic heterocycles. The fourth-order valence-electron chi connectivity index (χ4n) is 4.84. The van der Waals surface area contributed by atoms with Crippen LogP contribution in [0.5, 0.6) is 0 Å². The van der Waals surface area contributed by atoms with Crippen LogP contribution in [0.15, 0.2) is 18.2 Å². The summed E-state index contributed by atoms with van der Waals surface area (Å²) >= 11 is 0. The van der Waals surface area contributed by atoms with E-state index >= 15 is 0 Å². The van der Waals surface area contributed by atoms with E-state index in [1.807, 2.05) is 0 Å². The molecule has 1 saturated heterocycles. The molecule has 4 unspecified atom stereocenters. The zero-order valence-electron chi connectivity index (χ0n) is 14.9. The summed E-state index contributed by atoms with van der Waals surface area (Å²) in [6.07, 6.45) is -3.35. The Labute approximate surface area is 158 Å². The van der Waals surface area contributed by atoms with Crippen molar-refractivity contribution in [2.24, 2.45) is 23.7 Å². The molecule has 6 nitrogen and oxygen atoms in total. The minimum absolute atomic E-state index is 0.0440. The van der Waals surface area contributed by atoms with E-state index in [1.165, 1.54) is 6.07 Å². The third kappa shape index (κ3) is 2.71. The first-order valence-corrected chi connectivity index (χ1v) is 8.99. The van der Waals surface area contributed by atoms with E-state index in [0.717, 1.165) is 17.9 Å². The minimum Gasteiger partial charge on any atom is -0.326 e. The van der Waals surface area contributed by atoms with Gasteiger partial charge in [0.2, 0.25) is 17.7 Å². The second-order valence-corrected chi connectivity index (χ2v) is 7.59. The van der Waals surface area contributed by atoms with Crippen LogP contribution in [0, 0.1) is 23.7 Å². The van der Waals surface area contributed by atoms with E-state index in [9.17, 15) is 32.3 Å². The Kier molecular flexibility index (Phi) is 4.09. The maximum atomic E-state index is 13.5. The zero-order chi connectivity index (χ0) is 20.4. The number of rotatable bonds is 2. The lowest BCUT2D eigenvalue weighted by Crippen LogP contribution is -2.46. The summed E-state index contributed by atoms with van der Waals surface area (Å²) < 4.78 is 40.4. The van der Waals surface area contributed by atoms with Gasteiger partial charge in [-0.2, -0.15) is 13.2 Å². The van der Waals surface area contributed by atoms with Crippen molar-refractivity contribution >= 4 is 34.9 Å². The number of hydrogen-bond acceptors (Lipinski definition) is 4. The Morgan fingerprint density at radius 3 is 2.39 bits per heavy atom. The van der Waals surface area contributed by atoms with E-state index in [0.29, 0.717) is 18.9 Å². The highest BCUT2D eigenvalue weighted by Gasteiger charge is 2.61. The van der Waals surface area contributed by atoms with E-state index in [1.54, 1.807) is 0 Å². The summed E-state index contributed by atoms with van der Waals surface area (Å²) in [5.74, 6) is -4.06. The third-order valence-corrected chi connectivity index (χ3v) is 5.94. The number of ketones is 1. The number of carbonyl (C=O) groups excluding carboxylic acids is 4. The van der Waals surface area contributed by atoms with Crippen molar-refractivity contribution in [3.8, 4) is 0 Å². The lowest BCUT2D eigenvalue weighted by Gasteiger charge is -2.41. The monoisotopic (exact) mass is 394 g/mol. The molecule has 9 heteroatoms. The lowest BCUT2D eigenvalue weighted by molar-refractivity contribution is -0.143. The normalized spacial score (nSPS) is 29.3. The highest BCUT2D eigenvalue weighted by Crippen LogP contribution is 2.52. The maximum Gasteiger partial charge on any atom is 0.418 e. The first-order valence-electron chi connectivity index (χ1n) is 8.99. The molecule has 0 spiro atoms. The summed E-state index contributed by atoms with van der Waals surface area (Å²) in [6.45, 7) is 1.08. The van der Waals surface area contributed by atoms with Gasteiger partial charge in [0.25, 0.3) is 0 Å². The second-order valence-electron chi connectivity index (χ2n) is 7.59. The van der Waals surface area contributed by atoms with E-state index < -0.39 is 52.9 Å². The molecule has 4 fully saturated rings. The van der Waals surface area contributed by atoms with Crippen molar-refractivity contribution in [1.82, 2.24) is 0 Å². The largest absolute Gasteiger partial charge is 0.418 e. The van der Waals surface area contributed by atoms with Crippen molar-refractivity contribution in [2.75, 3.05) is 10.2 Å². The van der Waals surface area contributed by atoms with Crippen LogP contribution in [0.2, 0.25) is 0 Å². The van der Waals surface area contributed by atoms with Crippen LogP contribution in [0.25, 0.3) is 0 Å². The van der Waals surface area contributed by atoms with Gasteiger partial charge >= 0.3 is 6.18 Å². The molecule has 2 bridgehead atoms. The van der Waals surface area contributed by atoms with Crippen LogP contribution in [0.4, 0.5) is 24.5 Å². The minimum atomic E-state index is -4.79. The standard InChI is InChI=1S/C19H17F3N2O4/c1-8(25)23-13-5-3-10(7-12(13)19(20,21)22)24-17(27)15-9-2-4-11(14(26)6-9)16(15)18(24)28/h3,5,7,9,11,15-16H,2,4,6H2,1H3,(H,23,25). The second kappa shape index (κ2) is 6.15. The molecule has 4 aliphatic rings. The quantitative estimate of drug-likeness (QED) is 0.782. The van der Waals surface area contributed by atoms with Gasteiger partial charge in [0.1, 0.15) is 5.78 Å². The molecule has 3 aliphatic carbocycles. The van der Waals surface area contributed by atoms with Gasteiger partial charge in [0, 0.05) is 19.3 Å². The van der Waals surface area contributed by atoms with Crippen LogP contribution in [0.1, 0.15) is 31.7 Å². The molecule has 1 aromatic rings. The molecule has 3 saturated carbocycles. The number of anilines is 2. The summed E-state index contributed by atoms with van der Waals surface area (Å²) in [5.41, 5.74) is -1.79. The number of nitrogens with one attached hydrogen (secondary N) is 1. The Bertz CT molecular complexity index is 911. The molecule has 148 valence electrons. The average Bonchev–Trinajstić information content (AvgIpc) is 2.87. The van der Waals surface area contributed by atoms with Crippen molar-refractivity contribution in [1.29, 1.82) is 0 Å². The van der Waals surface area contributed by atoms with Crippen LogP contribution < -0.4 is 10.2 Å². The predicted octanol–water partition coefficient (Wildman–Crippen LogP) is 2.77. The molecule has 1 aromatic carbocycles. The van der Waals surface area contributed by atoms with Crippen LogP contribution >= 0.6 is 0 Å². The Morgan fingerprint density at radius 2 is 1.79 bits per heavy atom. The summed E-state index contributed by atoms with van der Waals surface area (Å²) in [4.78, 5) is 50.0. The smallest absolute Gasteiger partial charge is 0.326 e. The Hall–Kier alpha value is -2.71. The summed E-state index contributed by atoms with van der Waals surface area (Å²) in [6, 6.07) is 2.93. The number of halogens is 3. The van der Waals surface area contributed by atoms with Crippen molar-refractivity contribution in [2.45, 2.75) is 32.4 Å². The molecule has 0 radical (unpaired) electrons. The van der Waals surface area contributed by atoms with Crippen molar-refractivity contribution < 1.29 is 32.3 Å². The number of benzene rings is 1. The first kappa shape index (κ1) is 18.6. The SMILES string of the molecule is CC(=O)Nc1ccc(N2C(=O)C3C4CCC(C(=O)C4)C3C2=O)cc1C(F)(F)F. The topological polar surface area (TPSA) is 83.6 Å². The van der Waals surface area contributed by atoms with Crippen molar-refractivity contribution in [3.63, 3.8) is 0 Å². The summed E-state index contributed by atoms with van der Waals surface area (Å²) in [5, 5.41) is 2.11. The molecule has 1 N–H and O–H groups in total. The molecular formula is C19H17F3N2O4. The van der Waals surface area contributed by atoms with E-state index in [-0.39, 0.29) is 23.8 Å². The Morgan fingerprint density at radius 1 is 1.11 bits per heavy atom. The van der Waals surface area contributed by atoms with Gasteiger partial charge in [0.05, 0.1) is 28.8 Å². The fourth-order valence-corrected chi connectivity index (χ4v) is 4.84. The molecule has 5 rings (SSSR count). The van der Waals surface area contributed by atoms with E-state index in [4.69, 9.17) is 0 Å². The number of amides is 3. The lowest BCUT2D eigenvalue weighted by atomic mass is 9.59. The third-order valence-electron chi connectivity index (χ3n) is 5.94. The molecule has 1 heterocycles. The van der Waals surface area contributed by atoms with Crippen LogP contribution in [0.3, 0.4) is 0 Å². The van der Waals surface area contributed by atoms with Gasteiger partial charge in [-0.05, 0) is 37.0 Å². The summed E-state index contributed by atoms with van der Waals surface area (Å²) in [7, 11) is 0. The van der Waals surface area contributed by atoms with Gasteiger partial charge in [-0.1, -0.05) is 0 Å². The van der Waals surface area contributed by atoms with E-state index in [2.05, 4.69) is 5.32 Å². The number of fused-ring (bicyclic) bond motifs is 2. The maximum absolute atomic E-state index is 13.5. The molecule has 1 aliphatic heterocycles. The highest BCUT2D eigenvalue weighted by molar-refractivity contribution is 6.23. The average molecular weight is 394 g/mol. The zero-order valence-corrected chi connectivity index (χ0v) is 14.9. The van der Waals surface area contributed by atoms with Gasteiger partial charge in [-0.3, -0.25) is 24.1 Å². The van der Waals surface area contributed by atoms with Gasteiger partial charge in [-0.15, -0.1) is 0 Å². The predicted molar refractivity (Wildman–Crippen MR) is 91.1 cm³/mol. The number of alkyl halides is 3. The Balaban J connectivity index is 1.75. The first-order chi connectivity index (χ1) is 13.1. The fraction of sp³-hybridized carbons (Fsp3) is 0.474. The van der Waals surface area contributed by atoms with Gasteiger partial charge in [0.15, 0.2) is 0 Å². The highest BCUT2D eigenvalue weighted by atomic mass is 19.4. The number of carbonyl (C=O) groups is 4.